The molecule has 0 unspecified atom stereocenters. The molecule has 0 bridgehead atoms. The molecule has 0 aliphatic rings. The van der Waals surface area contributed by atoms with Gasteiger partial charge in [0.2, 0.25) is 0 Å². The summed E-state index contributed by atoms with van der Waals surface area (Å²) < 4.78 is 5.39. The molecule has 1 heterocycles. The van der Waals surface area contributed by atoms with E-state index in [2.05, 4.69) is 15.2 Å². The SMILES string of the molecule is COC(=O)Cn1ncc(NCC(C)(C)CO)c(Cl)c1=O. The van der Waals surface area contributed by atoms with Gasteiger partial charge in [-0.05, 0) is 0 Å². The molecule has 1 aromatic rings. The number of hydrogen-bond acceptors (Lipinski definition) is 6. The molecular formula is C12H18ClN3O4. The summed E-state index contributed by atoms with van der Waals surface area (Å²) in [4.78, 5) is 23.0. The van der Waals surface area contributed by atoms with Crippen molar-refractivity contribution >= 4 is 23.3 Å². The van der Waals surface area contributed by atoms with Gasteiger partial charge in [-0.25, -0.2) is 4.68 Å². The molecule has 0 aliphatic carbocycles. The monoisotopic (exact) mass is 303 g/mol. The lowest BCUT2D eigenvalue weighted by Gasteiger charge is -2.22. The van der Waals surface area contributed by atoms with Crippen LogP contribution in [0.2, 0.25) is 5.02 Å². The van der Waals surface area contributed by atoms with E-state index in [0.717, 1.165) is 4.68 Å². The van der Waals surface area contributed by atoms with Gasteiger partial charge in [0, 0.05) is 18.6 Å². The molecule has 20 heavy (non-hydrogen) atoms. The number of anilines is 1. The van der Waals surface area contributed by atoms with E-state index in [9.17, 15) is 9.59 Å². The van der Waals surface area contributed by atoms with Gasteiger partial charge in [-0.2, -0.15) is 5.10 Å². The topological polar surface area (TPSA) is 93.5 Å². The Morgan fingerprint density at radius 3 is 2.80 bits per heavy atom. The first-order valence-corrected chi connectivity index (χ1v) is 6.35. The minimum Gasteiger partial charge on any atom is -0.468 e. The summed E-state index contributed by atoms with van der Waals surface area (Å²) >= 11 is 5.95. The van der Waals surface area contributed by atoms with Crippen molar-refractivity contribution < 1.29 is 14.6 Å². The molecule has 112 valence electrons. The second-order valence-electron chi connectivity index (χ2n) is 5.09. The summed E-state index contributed by atoms with van der Waals surface area (Å²) in [6.45, 7) is 3.84. The fourth-order valence-corrected chi connectivity index (χ4v) is 1.49. The van der Waals surface area contributed by atoms with Gasteiger partial charge in [-0.3, -0.25) is 9.59 Å². The molecule has 1 aromatic heterocycles. The molecule has 0 radical (unpaired) electrons. The lowest BCUT2D eigenvalue weighted by Crippen LogP contribution is -2.30. The minimum atomic E-state index is -0.585. The van der Waals surface area contributed by atoms with Crippen LogP contribution in [0.3, 0.4) is 0 Å². The zero-order chi connectivity index (χ0) is 15.3. The number of carbonyl (C=O) groups is 1. The Labute approximate surface area is 121 Å². The summed E-state index contributed by atoms with van der Waals surface area (Å²) in [6, 6.07) is 0. The summed E-state index contributed by atoms with van der Waals surface area (Å²) in [5, 5.41) is 15.9. The number of halogens is 1. The fraction of sp³-hybridized carbons (Fsp3) is 0.583. The normalized spacial score (nSPS) is 11.2. The average Bonchev–Trinajstić information content (AvgIpc) is 2.43. The predicted octanol–water partition coefficient (Wildman–Crippen LogP) is 0.500. The van der Waals surface area contributed by atoms with Crippen LogP contribution in [0.4, 0.5) is 5.69 Å². The van der Waals surface area contributed by atoms with Gasteiger partial charge in [-0.1, -0.05) is 25.4 Å². The first kappa shape index (κ1) is 16.5. The van der Waals surface area contributed by atoms with Crippen LogP contribution in [0.5, 0.6) is 0 Å². The van der Waals surface area contributed by atoms with E-state index >= 15 is 0 Å². The third-order valence-corrected chi connectivity index (χ3v) is 3.04. The molecule has 8 heteroatoms. The van der Waals surface area contributed by atoms with Crippen LogP contribution in [-0.2, 0) is 16.1 Å². The zero-order valence-electron chi connectivity index (χ0n) is 11.6. The van der Waals surface area contributed by atoms with Crippen LogP contribution in [0.1, 0.15) is 13.8 Å². The zero-order valence-corrected chi connectivity index (χ0v) is 12.4. The number of nitrogens with one attached hydrogen (secondary N) is 1. The van der Waals surface area contributed by atoms with Crippen molar-refractivity contribution in [2.75, 3.05) is 25.6 Å². The van der Waals surface area contributed by atoms with Crippen molar-refractivity contribution in [3.8, 4) is 0 Å². The molecule has 0 spiro atoms. The number of rotatable bonds is 6. The highest BCUT2D eigenvalue weighted by Crippen LogP contribution is 2.19. The Hall–Kier alpha value is -1.60. The number of aliphatic hydroxyl groups excluding tert-OH is 1. The summed E-state index contributed by atoms with van der Waals surface area (Å²) in [5.41, 5.74) is -0.576. The highest BCUT2D eigenvalue weighted by molar-refractivity contribution is 6.32. The second-order valence-corrected chi connectivity index (χ2v) is 5.47. The van der Waals surface area contributed by atoms with Gasteiger partial charge in [0.15, 0.2) is 0 Å². The van der Waals surface area contributed by atoms with E-state index < -0.39 is 11.5 Å². The molecule has 0 aromatic carbocycles. The Morgan fingerprint density at radius 1 is 1.60 bits per heavy atom. The standard InChI is InChI=1S/C12H18ClN3O4/c1-12(2,7-17)6-14-8-4-15-16(5-9(18)20-3)11(19)10(8)13/h4,14,17H,5-7H2,1-3H3. The van der Waals surface area contributed by atoms with Gasteiger partial charge in [-0.15, -0.1) is 0 Å². The first-order chi connectivity index (χ1) is 9.30. The lowest BCUT2D eigenvalue weighted by atomic mass is 9.95. The molecule has 0 atom stereocenters. The average molecular weight is 304 g/mol. The Bertz CT molecular complexity index is 542. The van der Waals surface area contributed by atoms with Crippen LogP contribution in [0, 0.1) is 5.41 Å². The van der Waals surface area contributed by atoms with Crippen LogP contribution in [0.15, 0.2) is 11.0 Å². The number of methoxy groups -OCH3 is 1. The molecule has 0 fully saturated rings. The summed E-state index contributed by atoms with van der Waals surface area (Å²) in [7, 11) is 1.22. The van der Waals surface area contributed by atoms with Crippen LogP contribution < -0.4 is 10.9 Å². The Balaban J connectivity index is 2.89. The van der Waals surface area contributed by atoms with Gasteiger partial charge in [0.25, 0.3) is 5.56 Å². The van der Waals surface area contributed by atoms with Gasteiger partial charge < -0.3 is 15.2 Å². The number of esters is 1. The predicted molar refractivity (Wildman–Crippen MR) is 74.9 cm³/mol. The number of hydrogen-bond donors (Lipinski definition) is 2. The maximum atomic E-state index is 11.9. The van der Waals surface area contributed by atoms with Crippen molar-refractivity contribution in [2.24, 2.45) is 5.41 Å². The highest BCUT2D eigenvalue weighted by Gasteiger charge is 2.18. The number of aromatic nitrogens is 2. The smallest absolute Gasteiger partial charge is 0.327 e. The first-order valence-electron chi connectivity index (χ1n) is 5.98. The molecule has 0 aliphatic heterocycles. The number of carbonyl (C=O) groups excluding carboxylic acids is 1. The van der Waals surface area contributed by atoms with Crippen molar-refractivity contribution in [2.45, 2.75) is 20.4 Å². The highest BCUT2D eigenvalue weighted by atomic mass is 35.5. The van der Waals surface area contributed by atoms with Gasteiger partial charge >= 0.3 is 5.97 Å². The maximum Gasteiger partial charge on any atom is 0.327 e. The van der Waals surface area contributed by atoms with Crippen LogP contribution >= 0.6 is 11.6 Å². The number of ether oxygens (including phenoxy) is 1. The third-order valence-electron chi connectivity index (χ3n) is 2.68. The quantitative estimate of drug-likeness (QED) is 0.743. The van der Waals surface area contributed by atoms with Gasteiger partial charge in [0.05, 0.1) is 19.0 Å². The van der Waals surface area contributed by atoms with Crippen molar-refractivity contribution in [1.82, 2.24) is 9.78 Å². The van der Waals surface area contributed by atoms with E-state index in [1.54, 1.807) is 0 Å². The number of nitrogens with zero attached hydrogens (tertiary/aromatic N) is 2. The maximum absolute atomic E-state index is 11.9. The molecule has 7 nitrogen and oxygen atoms in total. The molecule has 2 N–H and O–H groups in total. The minimum absolute atomic E-state index is 0.00947. The molecule has 0 saturated heterocycles. The van der Waals surface area contributed by atoms with E-state index in [1.807, 2.05) is 13.8 Å². The molecule has 0 saturated carbocycles. The van der Waals surface area contributed by atoms with Crippen molar-refractivity contribution in [1.29, 1.82) is 0 Å². The van der Waals surface area contributed by atoms with Gasteiger partial charge in [0.1, 0.15) is 11.6 Å². The lowest BCUT2D eigenvalue weighted by molar-refractivity contribution is -0.141. The molecule has 0 amide bonds. The summed E-state index contributed by atoms with van der Waals surface area (Å²) in [5.74, 6) is -0.585. The largest absolute Gasteiger partial charge is 0.468 e. The molecule has 1 rings (SSSR count). The van der Waals surface area contributed by atoms with Crippen molar-refractivity contribution in [3.05, 3.63) is 21.6 Å². The van der Waals surface area contributed by atoms with Crippen LogP contribution in [0.25, 0.3) is 0 Å². The van der Waals surface area contributed by atoms with E-state index in [1.165, 1.54) is 13.3 Å². The second kappa shape index (κ2) is 6.71. The number of aliphatic hydroxyl groups is 1. The van der Waals surface area contributed by atoms with Crippen LogP contribution in [-0.4, -0.2) is 41.1 Å². The third kappa shape index (κ3) is 4.21. The Kier molecular flexibility index (Phi) is 5.52. The van der Waals surface area contributed by atoms with E-state index in [-0.39, 0.29) is 23.6 Å². The summed E-state index contributed by atoms with van der Waals surface area (Å²) in [6.07, 6.45) is 1.36. The van der Waals surface area contributed by atoms with E-state index in [4.69, 9.17) is 16.7 Å². The fourth-order valence-electron chi connectivity index (χ4n) is 1.28. The molecular weight excluding hydrogens is 286 g/mol. The van der Waals surface area contributed by atoms with E-state index in [0.29, 0.717) is 12.2 Å². The van der Waals surface area contributed by atoms with Crippen molar-refractivity contribution in [3.63, 3.8) is 0 Å². The Morgan fingerprint density at radius 2 is 2.25 bits per heavy atom.